The molecule has 0 unspecified atom stereocenters. The molecule has 0 bridgehead atoms. The SMILES string of the molecule is CC(C)=C(C)C#Cc1cnc(NC2CC2)nc1. The summed E-state index contributed by atoms with van der Waals surface area (Å²) in [7, 11) is 0. The van der Waals surface area contributed by atoms with E-state index in [0.29, 0.717) is 12.0 Å². The molecule has 0 aromatic carbocycles. The maximum absolute atomic E-state index is 4.24. The van der Waals surface area contributed by atoms with Crippen LogP contribution in [-0.4, -0.2) is 16.0 Å². The Morgan fingerprint density at radius 2 is 1.88 bits per heavy atom. The van der Waals surface area contributed by atoms with Gasteiger partial charge in [0.1, 0.15) is 0 Å². The summed E-state index contributed by atoms with van der Waals surface area (Å²) in [5.74, 6) is 6.87. The van der Waals surface area contributed by atoms with Crippen molar-refractivity contribution in [3.63, 3.8) is 0 Å². The highest BCUT2D eigenvalue weighted by molar-refractivity contribution is 5.40. The number of anilines is 1. The molecule has 0 radical (unpaired) electrons. The van der Waals surface area contributed by atoms with Gasteiger partial charge in [-0.1, -0.05) is 17.4 Å². The number of nitrogens with zero attached hydrogens (tertiary/aromatic N) is 2. The quantitative estimate of drug-likeness (QED) is 0.789. The van der Waals surface area contributed by atoms with Gasteiger partial charge in [-0.3, -0.25) is 0 Å². The zero-order valence-corrected chi connectivity index (χ0v) is 10.5. The van der Waals surface area contributed by atoms with Crippen LogP contribution < -0.4 is 5.32 Å². The zero-order valence-electron chi connectivity index (χ0n) is 10.5. The number of hydrogen-bond donors (Lipinski definition) is 1. The van der Waals surface area contributed by atoms with Gasteiger partial charge in [0.05, 0.1) is 5.56 Å². The molecule has 0 aliphatic heterocycles. The Morgan fingerprint density at radius 1 is 1.24 bits per heavy atom. The predicted octanol–water partition coefficient (Wildman–Crippen LogP) is 2.76. The van der Waals surface area contributed by atoms with Crippen molar-refractivity contribution in [2.75, 3.05) is 5.32 Å². The minimum atomic E-state index is 0.583. The van der Waals surface area contributed by atoms with Crippen LogP contribution in [0, 0.1) is 11.8 Å². The van der Waals surface area contributed by atoms with Gasteiger partial charge in [0, 0.05) is 18.4 Å². The maximum atomic E-state index is 4.24. The van der Waals surface area contributed by atoms with Crippen LogP contribution in [0.2, 0.25) is 0 Å². The molecule has 1 aromatic rings. The fraction of sp³-hybridized carbons (Fsp3) is 0.429. The number of aromatic nitrogens is 2. The van der Waals surface area contributed by atoms with E-state index < -0.39 is 0 Å². The lowest BCUT2D eigenvalue weighted by molar-refractivity contribution is 1.05. The standard InChI is InChI=1S/C14H17N3/c1-10(2)11(3)4-5-12-8-15-14(16-9-12)17-13-6-7-13/h8-9,13H,6-7H2,1-3H3,(H,15,16,17). The average Bonchev–Trinajstić information content (AvgIpc) is 3.11. The lowest BCUT2D eigenvalue weighted by Gasteiger charge is -2.00. The highest BCUT2D eigenvalue weighted by atomic mass is 15.1. The van der Waals surface area contributed by atoms with Gasteiger partial charge in [-0.05, 0) is 39.2 Å². The van der Waals surface area contributed by atoms with Crippen molar-refractivity contribution in [1.82, 2.24) is 9.97 Å². The van der Waals surface area contributed by atoms with Crippen molar-refractivity contribution in [2.24, 2.45) is 0 Å². The maximum Gasteiger partial charge on any atom is 0.222 e. The van der Waals surface area contributed by atoms with Crippen LogP contribution >= 0.6 is 0 Å². The summed E-state index contributed by atoms with van der Waals surface area (Å²) in [6, 6.07) is 0.583. The molecule has 88 valence electrons. The van der Waals surface area contributed by atoms with Gasteiger partial charge in [0.2, 0.25) is 5.95 Å². The summed E-state index contributed by atoms with van der Waals surface area (Å²) in [5, 5.41) is 3.25. The molecule has 1 fully saturated rings. The van der Waals surface area contributed by atoms with Gasteiger partial charge in [-0.25, -0.2) is 9.97 Å². The van der Waals surface area contributed by atoms with E-state index >= 15 is 0 Å². The van der Waals surface area contributed by atoms with E-state index in [0.717, 1.165) is 11.1 Å². The molecule has 3 nitrogen and oxygen atoms in total. The third kappa shape index (κ3) is 3.60. The third-order valence-electron chi connectivity index (χ3n) is 2.71. The fourth-order valence-electron chi connectivity index (χ4n) is 1.17. The number of allylic oxidation sites excluding steroid dienone is 2. The van der Waals surface area contributed by atoms with Crippen molar-refractivity contribution in [2.45, 2.75) is 39.7 Å². The monoisotopic (exact) mass is 227 g/mol. The molecule has 1 aliphatic carbocycles. The Morgan fingerprint density at radius 3 is 2.41 bits per heavy atom. The minimum Gasteiger partial charge on any atom is -0.351 e. The molecule has 1 heterocycles. The lowest BCUT2D eigenvalue weighted by Crippen LogP contribution is -2.04. The van der Waals surface area contributed by atoms with Crippen LogP contribution in [0.1, 0.15) is 39.2 Å². The van der Waals surface area contributed by atoms with Gasteiger partial charge in [0.15, 0.2) is 0 Å². The van der Waals surface area contributed by atoms with E-state index in [4.69, 9.17) is 0 Å². The normalized spacial score (nSPS) is 13.6. The van der Waals surface area contributed by atoms with Gasteiger partial charge < -0.3 is 5.32 Å². The topological polar surface area (TPSA) is 37.8 Å². The van der Waals surface area contributed by atoms with Gasteiger partial charge in [0.25, 0.3) is 0 Å². The van der Waals surface area contributed by atoms with Crippen molar-refractivity contribution in [3.8, 4) is 11.8 Å². The largest absolute Gasteiger partial charge is 0.351 e. The smallest absolute Gasteiger partial charge is 0.222 e. The number of nitrogens with one attached hydrogen (secondary N) is 1. The second-order valence-corrected chi connectivity index (χ2v) is 4.59. The molecule has 1 aliphatic rings. The van der Waals surface area contributed by atoms with E-state index in [-0.39, 0.29) is 0 Å². The summed E-state index contributed by atoms with van der Waals surface area (Å²) in [6.45, 7) is 6.14. The second kappa shape index (κ2) is 5.01. The van der Waals surface area contributed by atoms with Crippen molar-refractivity contribution in [3.05, 3.63) is 29.1 Å². The van der Waals surface area contributed by atoms with Gasteiger partial charge in [-0.15, -0.1) is 0 Å². The molecular weight excluding hydrogens is 210 g/mol. The van der Waals surface area contributed by atoms with Gasteiger partial charge >= 0.3 is 0 Å². The fourth-order valence-corrected chi connectivity index (χ4v) is 1.17. The van der Waals surface area contributed by atoms with Crippen LogP contribution in [-0.2, 0) is 0 Å². The molecule has 0 amide bonds. The van der Waals surface area contributed by atoms with E-state index in [2.05, 4.69) is 41.0 Å². The van der Waals surface area contributed by atoms with Crippen molar-refractivity contribution in [1.29, 1.82) is 0 Å². The predicted molar refractivity (Wildman–Crippen MR) is 69.6 cm³/mol. The van der Waals surface area contributed by atoms with E-state index in [1.54, 1.807) is 12.4 Å². The zero-order chi connectivity index (χ0) is 12.3. The summed E-state index contributed by atoms with van der Waals surface area (Å²) in [5.41, 5.74) is 3.20. The first kappa shape index (κ1) is 11.7. The molecular formula is C14H17N3. The molecule has 0 saturated heterocycles. The van der Waals surface area contributed by atoms with Crippen LogP contribution in [0.3, 0.4) is 0 Å². The minimum absolute atomic E-state index is 0.583. The summed E-state index contributed by atoms with van der Waals surface area (Å²) in [6.07, 6.45) is 5.99. The Balaban J connectivity index is 2.04. The first-order chi connectivity index (χ1) is 8.15. The Bertz CT molecular complexity index is 480. The van der Waals surface area contributed by atoms with Crippen LogP contribution in [0.15, 0.2) is 23.5 Å². The highest BCUT2D eigenvalue weighted by Crippen LogP contribution is 2.22. The summed E-state index contributed by atoms with van der Waals surface area (Å²) in [4.78, 5) is 8.48. The molecule has 2 rings (SSSR count). The van der Waals surface area contributed by atoms with Gasteiger partial charge in [-0.2, -0.15) is 0 Å². The first-order valence-electron chi connectivity index (χ1n) is 5.90. The number of hydrogen-bond acceptors (Lipinski definition) is 3. The van der Waals surface area contributed by atoms with E-state index in [1.165, 1.54) is 18.4 Å². The molecule has 3 heteroatoms. The Kier molecular flexibility index (Phi) is 3.43. The average molecular weight is 227 g/mol. The van der Waals surface area contributed by atoms with E-state index in [9.17, 15) is 0 Å². The first-order valence-corrected chi connectivity index (χ1v) is 5.90. The molecule has 0 atom stereocenters. The van der Waals surface area contributed by atoms with E-state index in [1.807, 2.05) is 6.92 Å². The Labute approximate surface area is 102 Å². The van der Waals surface area contributed by atoms with Crippen molar-refractivity contribution >= 4 is 5.95 Å². The highest BCUT2D eigenvalue weighted by Gasteiger charge is 2.21. The lowest BCUT2D eigenvalue weighted by atomic mass is 10.2. The summed E-state index contributed by atoms with van der Waals surface area (Å²) < 4.78 is 0. The molecule has 0 spiro atoms. The van der Waals surface area contributed by atoms with Crippen LogP contribution in [0.4, 0.5) is 5.95 Å². The molecule has 1 saturated carbocycles. The Hall–Kier alpha value is -1.82. The third-order valence-corrected chi connectivity index (χ3v) is 2.71. The summed E-state index contributed by atoms with van der Waals surface area (Å²) >= 11 is 0. The van der Waals surface area contributed by atoms with Crippen LogP contribution in [0.25, 0.3) is 0 Å². The van der Waals surface area contributed by atoms with Crippen molar-refractivity contribution < 1.29 is 0 Å². The molecule has 1 aromatic heterocycles. The molecule has 1 N–H and O–H groups in total. The number of rotatable bonds is 2. The van der Waals surface area contributed by atoms with Crippen LogP contribution in [0.5, 0.6) is 0 Å². The second-order valence-electron chi connectivity index (χ2n) is 4.59. The molecule has 17 heavy (non-hydrogen) atoms.